The number of nitrogens with one attached hydrogen (secondary N) is 1. The predicted molar refractivity (Wildman–Crippen MR) is 99.6 cm³/mol. The second-order valence-corrected chi connectivity index (χ2v) is 7.24. The zero-order valence-electron chi connectivity index (χ0n) is 15.2. The molecule has 1 N–H and O–H groups in total. The third-order valence-corrected chi connectivity index (χ3v) is 5.61. The van der Waals surface area contributed by atoms with Crippen LogP contribution in [0, 0.1) is 0 Å². The molecular weight excluding hydrogens is 344 g/mol. The number of aromatic nitrogens is 2. The first-order valence-electron chi connectivity index (χ1n) is 9.15. The number of carbonyl (C=O) groups is 2. The van der Waals surface area contributed by atoms with E-state index in [-0.39, 0.29) is 17.4 Å². The molecule has 140 valence electrons. The number of urea groups is 1. The van der Waals surface area contributed by atoms with E-state index < -0.39 is 5.97 Å². The maximum Gasteiger partial charge on any atom is 0.376 e. The molecule has 2 amide bonds. The highest BCUT2D eigenvalue weighted by Gasteiger charge is 2.45. The van der Waals surface area contributed by atoms with E-state index in [1.54, 1.807) is 4.90 Å². The molecule has 7 nitrogen and oxygen atoms in total. The number of amides is 2. The number of methoxy groups -OCH3 is 1. The molecule has 1 aliphatic heterocycles. The molecule has 1 aromatic carbocycles. The minimum atomic E-state index is -0.594. The van der Waals surface area contributed by atoms with Crippen molar-refractivity contribution in [1.82, 2.24) is 15.3 Å². The van der Waals surface area contributed by atoms with E-state index in [4.69, 9.17) is 0 Å². The molecule has 1 aromatic heterocycles. The molecule has 0 radical (unpaired) electrons. The average molecular weight is 366 g/mol. The highest BCUT2D eigenvalue weighted by atomic mass is 16.5. The Morgan fingerprint density at radius 1 is 1.19 bits per heavy atom. The maximum atomic E-state index is 12.5. The van der Waals surface area contributed by atoms with E-state index >= 15 is 0 Å². The van der Waals surface area contributed by atoms with Crippen molar-refractivity contribution in [3.63, 3.8) is 0 Å². The van der Waals surface area contributed by atoms with Crippen LogP contribution in [0.4, 0.5) is 10.5 Å². The molecule has 2 heterocycles. The molecule has 1 spiro atoms. The van der Waals surface area contributed by atoms with E-state index in [2.05, 4.69) is 44.3 Å². The summed E-state index contributed by atoms with van der Waals surface area (Å²) in [6.45, 7) is 0.592. The van der Waals surface area contributed by atoms with Gasteiger partial charge in [-0.3, -0.25) is 4.90 Å². The van der Waals surface area contributed by atoms with Gasteiger partial charge in [0.05, 0.1) is 37.3 Å². The Hall–Kier alpha value is -2.96. The molecule has 2 fully saturated rings. The number of ether oxygens (including phenoxy) is 1. The van der Waals surface area contributed by atoms with Crippen molar-refractivity contribution >= 4 is 17.7 Å². The van der Waals surface area contributed by atoms with Crippen LogP contribution in [0.2, 0.25) is 0 Å². The van der Waals surface area contributed by atoms with Gasteiger partial charge in [-0.15, -0.1) is 0 Å². The summed E-state index contributed by atoms with van der Waals surface area (Å²) in [5.74, 6) is -0.0625. The van der Waals surface area contributed by atoms with Gasteiger partial charge >= 0.3 is 12.0 Å². The van der Waals surface area contributed by atoms with Gasteiger partial charge in [0.25, 0.3) is 0 Å². The van der Waals surface area contributed by atoms with Gasteiger partial charge in [-0.25, -0.2) is 19.6 Å². The van der Waals surface area contributed by atoms with Crippen LogP contribution in [0.15, 0.2) is 42.7 Å². The zero-order chi connectivity index (χ0) is 18.9. The minimum absolute atomic E-state index is 0.0149. The van der Waals surface area contributed by atoms with Crippen molar-refractivity contribution < 1.29 is 14.3 Å². The van der Waals surface area contributed by atoms with Crippen LogP contribution in [0.1, 0.15) is 47.8 Å². The molecule has 4 rings (SSSR count). The molecule has 2 aromatic rings. The van der Waals surface area contributed by atoms with Crippen LogP contribution >= 0.6 is 0 Å². The standard InChI is InChI=1S/C20H22N4O3/c1-27-18(25)17-21-11-16(12-22-17)24-13-20(23-19(24)26)9-7-15(8-10-20)14-5-3-2-4-6-14/h2-6,11-12,15H,7-10,13H2,1H3,(H,23,26). The molecule has 2 aliphatic rings. The lowest BCUT2D eigenvalue weighted by atomic mass is 9.74. The molecule has 0 bridgehead atoms. The number of hydrogen-bond donors (Lipinski definition) is 1. The van der Waals surface area contributed by atoms with E-state index in [0.29, 0.717) is 18.2 Å². The van der Waals surface area contributed by atoms with Gasteiger partial charge in [-0.2, -0.15) is 0 Å². The normalized spacial score (nSPS) is 24.7. The number of benzene rings is 1. The monoisotopic (exact) mass is 366 g/mol. The number of carbonyl (C=O) groups excluding carboxylic acids is 2. The third kappa shape index (κ3) is 3.37. The van der Waals surface area contributed by atoms with Gasteiger partial charge in [0.2, 0.25) is 5.82 Å². The van der Waals surface area contributed by atoms with Crippen molar-refractivity contribution in [2.24, 2.45) is 0 Å². The molecular formula is C20H22N4O3. The van der Waals surface area contributed by atoms with E-state index in [1.807, 2.05) is 6.07 Å². The Labute approximate surface area is 157 Å². The molecule has 0 atom stereocenters. The van der Waals surface area contributed by atoms with Gasteiger partial charge in [0.1, 0.15) is 0 Å². The Morgan fingerprint density at radius 3 is 2.48 bits per heavy atom. The Morgan fingerprint density at radius 2 is 1.85 bits per heavy atom. The van der Waals surface area contributed by atoms with E-state index in [1.165, 1.54) is 25.1 Å². The minimum Gasteiger partial charge on any atom is -0.463 e. The van der Waals surface area contributed by atoms with Crippen LogP contribution in [0.3, 0.4) is 0 Å². The first-order valence-corrected chi connectivity index (χ1v) is 9.15. The second-order valence-electron chi connectivity index (χ2n) is 7.24. The smallest absolute Gasteiger partial charge is 0.376 e. The summed E-state index contributed by atoms with van der Waals surface area (Å²) in [4.78, 5) is 33.7. The van der Waals surface area contributed by atoms with Gasteiger partial charge in [0, 0.05) is 0 Å². The van der Waals surface area contributed by atoms with Crippen LogP contribution in [0.25, 0.3) is 0 Å². The predicted octanol–water partition coefficient (Wildman–Crippen LogP) is 2.89. The SMILES string of the molecule is COC(=O)c1ncc(N2CC3(CCC(c4ccccc4)CC3)NC2=O)cn1. The summed E-state index contributed by atoms with van der Waals surface area (Å²) in [5, 5.41) is 3.18. The molecule has 0 unspecified atom stereocenters. The summed E-state index contributed by atoms with van der Waals surface area (Å²) in [7, 11) is 1.28. The van der Waals surface area contributed by atoms with E-state index in [0.717, 1.165) is 25.7 Å². The summed E-state index contributed by atoms with van der Waals surface area (Å²) in [6.07, 6.45) is 6.97. The van der Waals surface area contributed by atoms with Crippen LogP contribution in [-0.4, -0.2) is 41.2 Å². The quantitative estimate of drug-likeness (QED) is 0.845. The number of anilines is 1. The van der Waals surface area contributed by atoms with Crippen molar-refractivity contribution in [2.45, 2.75) is 37.1 Å². The number of esters is 1. The lowest BCUT2D eigenvalue weighted by molar-refractivity contribution is 0.0586. The summed E-state index contributed by atoms with van der Waals surface area (Å²) < 4.78 is 4.60. The highest BCUT2D eigenvalue weighted by molar-refractivity contribution is 5.95. The zero-order valence-corrected chi connectivity index (χ0v) is 15.2. The largest absolute Gasteiger partial charge is 0.463 e. The number of rotatable bonds is 3. The van der Waals surface area contributed by atoms with Gasteiger partial charge < -0.3 is 10.1 Å². The maximum absolute atomic E-state index is 12.5. The molecule has 27 heavy (non-hydrogen) atoms. The van der Waals surface area contributed by atoms with Gasteiger partial charge in [-0.05, 0) is 37.2 Å². The topological polar surface area (TPSA) is 84.4 Å². The fourth-order valence-corrected chi connectivity index (χ4v) is 4.09. The fourth-order valence-electron chi connectivity index (χ4n) is 4.09. The summed E-state index contributed by atoms with van der Waals surface area (Å²) in [6, 6.07) is 10.4. The molecule has 7 heteroatoms. The summed E-state index contributed by atoms with van der Waals surface area (Å²) in [5.41, 5.74) is 1.76. The fraction of sp³-hybridized carbons (Fsp3) is 0.400. The van der Waals surface area contributed by atoms with Crippen molar-refractivity contribution in [3.05, 3.63) is 54.1 Å². The first kappa shape index (κ1) is 17.5. The average Bonchev–Trinajstić information content (AvgIpc) is 3.04. The van der Waals surface area contributed by atoms with E-state index in [9.17, 15) is 9.59 Å². The Balaban J connectivity index is 1.44. The van der Waals surface area contributed by atoms with Crippen LogP contribution < -0.4 is 10.2 Å². The Bertz CT molecular complexity index is 830. The lowest BCUT2D eigenvalue weighted by Crippen LogP contribution is -2.46. The number of nitrogens with zero attached hydrogens (tertiary/aromatic N) is 3. The summed E-state index contributed by atoms with van der Waals surface area (Å²) >= 11 is 0. The molecule has 1 saturated carbocycles. The molecule has 1 saturated heterocycles. The third-order valence-electron chi connectivity index (χ3n) is 5.61. The van der Waals surface area contributed by atoms with Crippen LogP contribution in [0.5, 0.6) is 0 Å². The lowest BCUT2D eigenvalue weighted by Gasteiger charge is -2.36. The highest BCUT2D eigenvalue weighted by Crippen LogP contribution is 2.40. The second kappa shape index (κ2) is 6.98. The number of hydrogen-bond acceptors (Lipinski definition) is 5. The van der Waals surface area contributed by atoms with Crippen molar-refractivity contribution in [3.8, 4) is 0 Å². The molecule has 1 aliphatic carbocycles. The first-order chi connectivity index (χ1) is 13.1. The van der Waals surface area contributed by atoms with Gasteiger partial charge in [-0.1, -0.05) is 30.3 Å². The van der Waals surface area contributed by atoms with Crippen molar-refractivity contribution in [1.29, 1.82) is 0 Å². The van der Waals surface area contributed by atoms with Gasteiger partial charge in [0.15, 0.2) is 0 Å². The Kier molecular flexibility index (Phi) is 4.51. The van der Waals surface area contributed by atoms with Crippen LogP contribution in [-0.2, 0) is 4.74 Å². The van der Waals surface area contributed by atoms with Crippen molar-refractivity contribution in [2.75, 3.05) is 18.6 Å².